The number of rotatable bonds is 6. The topological polar surface area (TPSA) is 109 Å². The monoisotopic (exact) mass is 504 g/mol. The summed E-state index contributed by atoms with van der Waals surface area (Å²) in [6.07, 6.45) is 0.115. The summed E-state index contributed by atoms with van der Waals surface area (Å²) in [5, 5.41) is 11.7. The van der Waals surface area contributed by atoms with Gasteiger partial charge in [0.05, 0.1) is 4.90 Å². The van der Waals surface area contributed by atoms with E-state index >= 15 is 0 Å². The number of aromatic nitrogens is 2. The summed E-state index contributed by atoms with van der Waals surface area (Å²) >= 11 is 1.21. The molecule has 8 nitrogen and oxygen atoms in total. The number of carbonyl (C=O) groups is 2. The molecule has 176 valence electrons. The normalized spacial score (nSPS) is 15.8. The highest BCUT2D eigenvalue weighted by molar-refractivity contribution is 7.89. The average molecular weight is 505 g/mol. The summed E-state index contributed by atoms with van der Waals surface area (Å²) in [6, 6.07) is 24.4. The molecule has 1 aliphatic rings. The van der Waals surface area contributed by atoms with Crippen LogP contribution in [0.3, 0.4) is 0 Å². The molecule has 1 N–H and O–H groups in total. The number of hydrogen-bond donors (Lipinski definition) is 1. The SMILES string of the molecule is O=C(Nc1nnc(-c2ccccc2)s1)c1cccc(S(=O)(=O)N2C[C@H](c3ccccc3)CC2=O)c1. The lowest BCUT2D eigenvalue weighted by atomic mass is 9.99. The van der Waals surface area contributed by atoms with Crippen LogP contribution in [0, 0.1) is 0 Å². The van der Waals surface area contributed by atoms with Crippen LogP contribution >= 0.6 is 11.3 Å². The molecule has 0 aliphatic carbocycles. The van der Waals surface area contributed by atoms with Gasteiger partial charge < -0.3 is 0 Å². The molecule has 0 bridgehead atoms. The van der Waals surface area contributed by atoms with Gasteiger partial charge in [-0.1, -0.05) is 78.1 Å². The molecule has 0 unspecified atom stereocenters. The van der Waals surface area contributed by atoms with E-state index in [-0.39, 0.29) is 29.3 Å². The van der Waals surface area contributed by atoms with Crippen molar-refractivity contribution in [3.8, 4) is 10.6 Å². The van der Waals surface area contributed by atoms with E-state index in [0.29, 0.717) is 10.1 Å². The maximum atomic E-state index is 13.3. The Balaban J connectivity index is 1.33. The maximum absolute atomic E-state index is 13.3. The first-order valence-electron chi connectivity index (χ1n) is 10.8. The van der Waals surface area contributed by atoms with Crippen LogP contribution < -0.4 is 5.32 Å². The van der Waals surface area contributed by atoms with Crippen LogP contribution in [-0.4, -0.2) is 41.3 Å². The van der Waals surface area contributed by atoms with Crippen molar-refractivity contribution in [2.75, 3.05) is 11.9 Å². The third-order valence-corrected chi connectivity index (χ3v) is 8.38. The minimum Gasteiger partial charge on any atom is -0.296 e. The molecule has 1 aromatic heterocycles. The Morgan fingerprint density at radius 3 is 2.40 bits per heavy atom. The van der Waals surface area contributed by atoms with Crippen LogP contribution in [-0.2, 0) is 14.8 Å². The summed E-state index contributed by atoms with van der Waals surface area (Å²) in [4.78, 5) is 25.3. The van der Waals surface area contributed by atoms with Gasteiger partial charge in [-0.05, 0) is 23.8 Å². The van der Waals surface area contributed by atoms with Crippen LogP contribution in [0.15, 0.2) is 89.8 Å². The second kappa shape index (κ2) is 9.40. The van der Waals surface area contributed by atoms with Gasteiger partial charge in [0.25, 0.3) is 15.9 Å². The largest absolute Gasteiger partial charge is 0.296 e. The van der Waals surface area contributed by atoms with Crippen molar-refractivity contribution < 1.29 is 18.0 Å². The molecule has 0 saturated carbocycles. The highest BCUT2D eigenvalue weighted by Gasteiger charge is 2.39. The number of amides is 2. The highest BCUT2D eigenvalue weighted by atomic mass is 32.2. The minimum atomic E-state index is -4.11. The van der Waals surface area contributed by atoms with Gasteiger partial charge in [0.2, 0.25) is 11.0 Å². The second-order valence-electron chi connectivity index (χ2n) is 8.00. The molecule has 2 amide bonds. The predicted molar refractivity (Wildman–Crippen MR) is 132 cm³/mol. The van der Waals surface area contributed by atoms with Crippen LogP contribution in [0.5, 0.6) is 0 Å². The van der Waals surface area contributed by atoms with Gasteiger partial charge >= 0.3 is 0 Å². The molecule has 3 aromatic carbocycles. The Kier molecular flexibility index (Phi) is 6.14. The molecular weight excluding hydrogens is 484 g/mol. The molecule has 1 saturated heterocycles. The fourth-order valence-corrected chi connectivity index (χ4v) is 6.17. The summed E-state index contributed by atoms with van der Waals surface area (Å²) < 4.78 is 27.4. The van der Waals surface area contributed by atoms with Gasteiger partial charge in [-0.15, -0.1) is 10.2 Å². The van der Waals surface area contributed by atoms with E-state index in [1.54, 1.807) is 0 Å². The first kappa shape index (κ1) is 22.9. The standard InChI is InChI=1S/C25H20N4O4S2/c30-22-15-20(17-8-3-1-4-9-17)16-29(22)35(32,33)21-13-7-12-19(14-21)23(31)26-25-28-27-24(34-25)18-10-5-2-6-11-18/h1-14,20H,15-16H2,(H,26,28,31)/t20-/m1/s1. The van der Waals surface area contributed by atoms with Crippen LogP contribution in [0.1, 0.15) is 28.3 Å². The summed E-state index contributed by atoms with van der Waals surface area (Å²) in [5.41, 5.74) is 1.93. The number of anilines is 1. The zero-order valence-corrected chi connectivity index (χ0v) is 20.0. The Labute approximate surface area is 206 Å². The van der Waals surface area contributed by atoms with Crippen molar-refractivity contribution >= 4 is 38.3 Å². The molecule has 1 fully saturated rings. The summed E-state index contributed by atoms with van der Waals surface area (Å²) in [5.74, 6) is -1.19. The van der Waals surface area contributed by atoms with E-state index in [1.807, 2.05) is 60.7 Å². The van der Waals surface area contributed by atoms with E-state index in [4.69, 9.17) is 0 Å². The molecule has 0 radical (unpaired) electrons. The van der Waals surface area contributed by atoms with Crippen molar-refractivity contribution in [3.05, 3.63) is 96.1 Å². The molecule has 2 heterocycles. The molecule has 35 heavy (non-hydrogen) atoms. The van der Waals surface area contributed by atoms with Gasteiger partial charge in [-0.25, -0.2) is 12.7 Å². The Hall–Kier alpha value is -3.89. The van der Waals surface area contributed by atoms with E-state index in [1.165, 1.54) is 35.6 Å². The molecule has 5 rings (SSSR count). The van der Waals surface area contributed by atoms with Crippen molar-refractivity contribution in [2.24, 2.45) is 0 Å². The van der Waals surface area contributed by atoms with Crippen LogP contribution in [0.2, 0.25) is 0 Å². The van der Waals surface area contributed by atoms with Crippen LogP contribution in [0.25, 0.3) is 10.6 Å². The Morgan fingerprint density at radius 2 is 1.66 bits per heavy atom. The molecule has 0 spiro atoms. The van der Waals surface area contributed by atoms with Gasteiger partial charge in [-0.2, -0.15) is 0 Å². The Morgan fingerprint density at radius 1 is 0.943 bits per heavy atom. The minimum absolute atomic E-state index is 0.0641. The average Bonchev–Trinajstić information content (AvgIpc) is 3.52. The number of nitrogens with zero attached hydrogens (tertiary/aromatic N) is 3. The molecule has 10 heteroatoms. The third kappa shape index (κ3) is 4.71. The summed E-state index contributed by atoms with van der Waals surface area (Å²) in [6.45, 7) is 0.0641. The third-order valence-electron chi connectivity index (χ3n) is 5.71. The fourth-order valence-electron chi connectivity index (χ4n) is 3.93. The first-order valence-corrected chi connectivity index (χ1v) is 13.1. The number of sulfonamides is 1. The quantitative estimate of drug-likeness (QED) is 0.422. The summed E-state index contributed by atoms with van der Waals surface area (Å²) in [7, 11) is -4.11. The molecule has 4 aromatic rings. The fraction of sp³-hybridized carbons (Fsp3) is 0.120. The van der Waals surface area contributed by atoms with Crippen LogP contribution in [0.4, 0.5) is 5.13 Å². The van der Waals surface area contributed by atoms with Gasteiger partial charge in [0.15, 0.2) is 0 Å². The number of nitrogens with one attached hydrogen (secondary N) is 1. The number of benzene rings is 3. The number of carbonyl (C=O) groups excluding carboxylic acids is 2. The predicted octanol–water partition coefficient (Wildman–Crippen LogP) is 4.16. The number of hydrogen-bond acceptors (Lipinski definition) is 7. The Bertz CT molecular complexity index is 1490. The lowest BCUT2D eigenvalue weighted by Gasteiger charge is -2.17. The lowest BCUT2D eigenvalue weighted by Crippen LogP contribution is -2.32. The van der Waals surface area contributed by atoms with Crippen molar-refractivity contribution in [1.29, 1.82) is 0 Å². The smallest absolute Gasteiger partial charge is 0.266 e. The van der Waals surface area contributed by atoms with E-state index in [9.17, 15) is 18.0 Å². The molecule has 1 aliphatic heterocycles. The first-order chi connectivity index (χ1) is 16.9. The molecular formula is C25H20N4O4S2. The zero-order valence-electron chi connectivity index (χ0n) is 18.4. The maximum Gasteiger partial charge on any atom is 0.266 e. The van der Waals surface area contributed by atoms with E-state index in [0.717, 1.165) is 15.4 Å². The zero-order chi connectivity index (χ0) is 24.4. The van der Waals surface area contributed by atoms with E-state index < -0.39 is 21.8 Å². The van der Waals surface area contributed by atoms with Crippen molar-refractivity contribution in [2.45, 2.75) is 17.2 Å². The molecule has 1 atom stereocenters. The van der Waals surface area contributed by atoms with Gasteiger partial charge in [0, 0.05) is 30.0 Å². The van der Waals surface area contributed by atoms with Crippen molar-refractivity contribution in [3.63, 3.8) is 0 Å². The van der Waals surface area contributed by atoms with Crippen molar-refractivity contribution in [1.82, 2.24) is 14.5 Å². The highest BCUT2D eigenvalue weighted by Crippen LogP contribution is 2.32. The van der Waals surface area contributed by atoms with E-state index in [2.05, 4.69) is 15.5 Å². The second-order valence-corrected chi connectivity index (χ2v) is 10.8. The lowest BCUT2D eigenvalue weighted by molar-refractivity contribution is -0.123. The van der Waals surface area contributed by atoms with Gasteiger partial charge in [-0.3, -0.25) is 14.9 Å². The van der Waals surface area contributed by atoms with Gasteiger partial charge in [0.1, 0.15) is 5.01 Å².